The lowest BCUT2D eigenvalue weighted by atomic mass is 9.93. The Labute approximate surface area is 122 Å². The molecule has 8 heteroatoms. The molecule has 1 aliphatic heterocycles. The maximum Gasteiger partial charge on any atom is 0.393 e. The number of rotatable bonds is 5. The predicted molar refractivity (Wildman–Crippen MR) is 71.2 cm³/mol. The number of nitrogens with two attached hydrogens (primary N) is 1. The fraction of sp³-hybridized carbons (Fsp3) is 0.846. The average Bonchev–Trinajstić information content (AvgIpc) is 2.35. The molecule has 1 saturated heterocycles. The van der Waals surface area contributed by atoms with Crippen molar-refractivity contribution in [3.8, 4) is 0 Å². The number of nitrogens with zero attached hydrogens (tertiary/aromatic N) is 1. The van der Waals surface area contributed by atoms with Gasteiger partial charge in [-0.3, -0.25) is 9.59 Å². The van der Waals surface area contributed by atoms with Gasteiger partial charge in [0.15, 0.2) is 0 Å². The zero-order valence-corrected chi connectivity index (χ0v) is 12.2. The summed E-state index contributed by atoms with van der Waals surface area (Å²) in [5, 5.41) is 2.64. The number of nitrogens with one attached hydrogen (secondary N) is 1. The van der Waals surface area contributed by atoms with Crippen LogP contribution in [0.25, 0.3) is 0 Å². The molecule has 21 heavy (non-hydrogen) atoms. The SMILES string of the molecule is CC(C)CN(CC(N)=O)C(=O)C1CCC(C(F)(F)F)CN1. The summed E-state index contributed by atoms with van der Waals surface area (Å²) in [6.45, 7) is 3.64. The lowest BCUT2D eigenvalue weighted by molar-refractivity contribution is -0.180. The minimum Gasteiger partial charge on any atom is -0.368 e. The first-order valence-corrected chi connectivity index (χ1v) is 6.98. The van der Waals surface area contributed by atoms with E-state index in [0.29, 0.717) is 6.54 Å². The molecule has 2 amide bonds. The molecule has 0 bridgehead atoms. The lowest BCUT2D eigenvalue weighted by Gasteiger charge is -2.34. The van der Waals surface area contributed by atoms with Crippen LogP contribution in [0.1, 0.15) is 26.7 Å². The maximum absolute atomic E-state index is 12.6. The standard InChI is InChI=1S/C13H22F3N3O2/c1-8(2)6-19(7-11(17)20)12(21)10-4-3-9(5-18-10)13(14,15)16/h8-10,18H,3-7H2,1-2H3,(H2,17,20). The monoisotopic (exact) mass is 309 g/mol. The van der Waals surface area contributed by atoms with Crippen molar-refractivity contribution in [3.63, 3.8) is 0 Å². The molecule has 0 aliphatic carbocycles. The van der Waals surface area contributed by atoms with Crippen molar-refractivity contribution in [1.82, 2.24) is 10.2 Å². The first kappa shape index (κ1) is 17.7. The van der Waals surface area contributed by atoms with E-state index in [4.69, 9.17) is 5.73 Å². The number of alkyl halides is 3. The van der Waals surface area contributed by atoms with Crippen molar-refractivity contribution in [1.29, 1.82) is 0 Å². The van der Waals surface area contributed by atoms with E-state index in [2.05, 4.69) is 5.32 Å². The molecule has 0 aromatic rings. The summed E-state index contributed by atoms with van der Waals surface area (Å²) in [5.41, 5.74) is 5.11. The summed E-state index contributed by atoms with van der Waals surface area (Å²) in [6, 6.07) is -0.679. The number of amides is 2. The number of primary amides is 1. The van der Waals surface area contributed by atoms with Crippen LogP contribution in [-0.4, -0.2) is 48.6 Å². The summed E-state index contributed by atoms with van der Waals surface area (Å²) in [4.78, 5) is 24.6. The van der Waals surface area contributed by atoms with E-state index in [1.807, 2.05) is 13.8 Å². The smallest absolute Gasteiger partial charge is 0.368 e. The Morgan fingerprint density at radius 3 is 2.33 bits per heavy atom. The summed E-state index contributed by atoms with van der Waals surface area (Å²) in [7, 11) is 0. The predicted octanol–water partition coefficient (Wildman–Crippen LogP) is 0.887. The van der Waals surface area contributed by atoms with Gasteiger partial charge in [-0.25, -0.2) is 0 Å². The summed E-state index contributed by atoms with van der Waals surface area (Å²) < 4.78 is 37.7. The molecular formula is C13H22F3N3O2. The highest BCUT2D eigenvalue weighted by Gasteiger charge is 2.43. The van der Waals surface area contributed by atoms with Crippen LogP contribution in [0.2, 0.25) is 0 Å². The van der Waals surface area contributed by atoms with Crippen molar-refractivity contribution in [2.45, 2.75) is 38.9 Å². The second-order valence-corrected chi connectivity index (χ2v) is 5.86. The maximum atomic E-state index is 12.6. The molecule has 0 spiro atoms. The summed E-state index contributed by atoms with van der Waals surface area (Å²) in [6.07, 6.45) is -4.22. The van der Waals surface area contributed by atoms with Crippen LogP contribution in [-0.2, 0) is 9.59 Å². The van der Waals surface area contributed by atoms with Gasteiger partial charge in [-0.15, -0.1) is 0 Å². The zero-order valence-electron chi connectivity index (χ0n) is 12.2. The highest BCUT2D eigenvalue weighted by atomic mass is 19.4. The quantitative estimate of drug-likeness (QED) is 0.792. The molecule has 1 aliphatic rings. The highest BCUT2D eigenvalue weighted by Crippen LogP contribution is 2.32. The first-order chi connectivity index (χ1) is 9.61. The molecule has 2 atom stereocenters. The number of hydrogen-bond donors (Lipinski definition) is 2. The normalized spacial score (nSPS) is 23.1. The molecule has 2 unspecified atom stereocenters. The van der Waals surface area contributed by atoms with Gasteiger partial charge < -0.3 is 16.0 Å². The van der Waals surface area contributed by atoms with E-state index in [-0.39, 0.29) is 37.8 Å². The van der Waals surface area contributed by atoms with E-state index < -0.39 is 24.0 Å². The summed E-state index contributed by atoms with van der Waals surface area (Å²) in [5.74, 6) is -2.27. The van der Waals surface area contributed by atoms with Crippen LogP contribution < -0.4 is 11.1 Å². The Bertz CT molecular complexity index is 377. The molecule has 1 heterocycles. The Kier molecular flexibility index (Phi) is 6.00. The molecule has 1 rings (SSSR count). The van der Waals surface area contributed by atoms with Crippen molar-refractivity contribution < 1.29 is 22.8 Å². The molecule has 0 aromatic heterocycles. The third kappa shape index (κ3) is 5.53. The van der Waals surface area contributed by atoms with Gasteiger partial charge in [0.05, 0.1) is 18.5 Å². The average molecular weight is 309 g/mol. The van der Waals surface area contributed by atoms with E-state index >= 15 is 0 Å². The molecule has 0 saturated carbocycles. The van der Waals surface area contributed by atoms with Gasteiger partial charge in [-0.1, -0.05) is 13.8 Å². The molecule has 1 fully saturated rings. The van der Waals surface area contributed by atoms with Gasteiger partial charge in [0.25, 0.3) is 0 Å². The molecular weight excluding hydrogens is 287 g/mol. The van der Waals surface area contributed by atoms with Gasteiger partial charge in [-0.2, -0.15) is 13.2 Å². The Morgan fingerprint density at radius 1 is 1.33 bits per heavy atom. The van der Waals surface area contributed by atoms with E-state index in [9.17, 15) is 22.8 Å². The molecule has 5 nitrogen and oxygen atoms in total. The van der Waals surface area contributed by atoms with Crippen LogP contribution in [0.15, 0.2) is 0 Å². The highest BCUT2D eigenvalue weighted by molar-refractivity contribution is 5.87. The van der Waals surface area contributed by atoms with Gasteiger partial charge in [0.1, 0.15) is 0 Å². The third-order valence-corrected chi connectivity index (χ3v) is 3.42. The largest absolute Gasteiger partial charge is 0.393 e. The Hall–Kier alpha value is -1.31. The number of piperidine rings is 1. The van der Waals surface area contributed by atoms with Gasteiger partial charge in [-0.05, 0) is 18.8 Å². The Morgan fingerprint density at radius 2 is 1.95 bits per heavy atom. The van der Waals surface area contributed by atoms with E-state index in [0.717, 1.165) is 0 Å². The fourth-order valence-electron chi connectivity index (χ4n) is 2.43. The van der Waals surface area contributed by atoms with Crippen LogP contribution in [0.4, 0.5) is 13.2 Å². The molecule has 122 valence electrons. The van der Waals surface area contributed by atoms with Crippen molar-refractivity contribution in [3.05, 3.63) is 0 Å². The van der Waals surface area contributed by atoms with Crippen LogP contribution in [0, 0.1) is 11.8 Å². The minimum absolute atomic E-state index is 0.0843. The van der Waals surface area contributed by atoms with Crippen molar-refractivity contribution >= 4 is 11.8 Å². The molecule has 3 N–H and O–H groups in total. The zero-order chi connectivity index (χ0) is 16.2. The number of carbonyl (C=O) groups is 2. The Balaban J connectivity index is 2.62. The number of carbonyl (C=O) groups excluding carboxylic acids is 2. The van der Waals surface area contributed by atoms with Crippen LogP contribution in [0.3, 0.4) is 0 Å². The minimum atomic E-state index is -4.24. The van der Waals surface area contributed by atoms with Gasteiger partial charge in [0, 0.05) is 13.1 Å². The molecule has 0 radical (unpaired) electrons. The van der Waals surface area contributed by atoms with Crippen molar-refractivity contribution in [2.24, 2.45) is 17.6 Å². The summed E-state index contributed by atoms with van der Waals surface area (Å²) >= 11 is 0. The first-order valence-electron chi connectivity index (χ1n) is 6.98. The van der Waals surface area contributed by atoms with Gasteiger partial charge >= 0.3 is 6.18 Å². The van der Waals surface area contributed by atoms with Crippen molar-refractivity contribution in [2.75, 3.05) is 19.6 Å². The van der Waals surface area contributed by atoms with Crippen LogP contribution in [0.5, 0.6) is 0 Å². The number of halogens is 3. The van der Waals surface area contributed by atoms with E-state index in [1.54, 1.807) is 0 Å². The fourth-order valence-corrected chi connectivity index (χ4v) is 2.43. The topological polar surface area (TPSA) is 75.4 Å². The number of hydrogen-bond acceptors (Lipinski definition) is 3. The third-order valence-electron chi connectivity index (χ3n) is 3.42. The molecule has 0 aromatic carbocycles. The second kappa shape index (κ2) is 7.11. The second-order valence-electron chi connectivity index (χ2n) is 5.86. The lowest BCUT2D eigenvalue weighted by Crippen LogP contribution is -2.54. The van der Waals surface area contributed by atoms with Crippen LogP contribution >= 0.6 is 0 Å². The van der Waals surface area contributed by atoms with Gasteiger partial charge in [0.2, 0.25) is 11.8 Å². The van der Waals surface area contributed by atoms with E-state index in [1.165, 1.54) is 4.90 Å².